The van der Waals surface area contributed by atoms with Gasteiger partial charge in [-0.1, -0.05) is 42.5 Å². The van der Waals surface area contributed by atoms with E-state index in [1.807, 2.05) is 18.2 Å². The lowest BCUT2D eigenvalue weighted by atomic mass is 10.1. The topological polar surface area (TPSA) is 0 Å². The summed E-state index contributed by atoms with van der Waals surface area (Å²) < 4.78 is 7.50. The van der Waals surface area contributed by atoms with E-state index in [9.17, 15) is 0 Å². The average molecular weight is 131 g/mol. The second-order valence-electron chi connectivity index (χ2n) is 2.63. The molecule has 0 heteroatoms. The highest BCUT2D eigenvalue weighted by atomic mass is 14.3. The van der Waals surface area contributed by atoms with Crippen LogP contribution in [0.1, 0.15) is 19.2 Å². The van der Waals surface area contributed by atoms with E-state index in [1.165, 1.54) is 5.56 Å². The van der Waals surface area contributed by atoms with Crippen LogP contribution in [0, 0.1) is 0 Å². The zero-order valence-corrected chi connectivity index (χ0v) is 5.75. The molecule has 0 aliphatic heterocycles. The van der Waals surface area contributed by atoms with E-state index in [0.29, 0.717) is 5.92 Å². The Hall–Kier alpha value is -1.04. The SMILES string of the molecule is [2H][C@H]1C(=C)[C@@H]1c1ccccc1. The lowest BCUT2D eigenvalue weighted by molar-refractivity contribution is 1.16. The molecule has 0 unspecified atom stereocenters. The molecule has 10 heavy (non-hydrogen) atoms. The van der Waals surface area contributed by atoms with Crippen molar-refractivity contribution < 1.29 is 1.37 Å². The maximum Gasteiger partial charge on any atom is 0.0322 e. The molecule has 0 nitrogen and oxygen atoms in total. The largest absolute Gasteiger partial charge is 0.0992 e. The van der Waals surface area contributed by atoms with Crippen molar-refractivity contribution in [1.82, 2.24) is 0 Å². The Balaban J connectivity index is 2.27. The Morgan fingerprint density at radius 1 is 1.40 bits per heavy atom. The van der Waals surface area contributed by atoms with E-state index in [2.05, 4.69) is 18.7 Å². The molecule has 50 valence electrons. The number of hydrogen-bond acceptors (Lipinski definition) is 0. The van der Waals surface area contributed by atoms with E-state index in [1.54, 1.807) is 0 Å². The predicted octanol–water partition coefficient (Wildman–Crippen LogP) is 2.73. The first-order valence-electron chi connectivity index (χ1n) is 4.04. The summed E-state index contributed by atoms with van der Waals surface area (Å²) in [5.74, 6) is 0.316. The first-order valence-corrected chi connectivity index (χ1v) is 3.46. The fourth-order valence-electron chi connectivity index (χ4n) is 1.14. The molecule has 2 atom stereocenters. The van der Waals surface area contributed by atoms with Crippen molar-refractivity contribution in [2.75, 3.05) is 0 Å². The fraction of sp³-hybridized carbons (Fsp3) is 0.200. The van der Waals surface area contributed by atoms with Crippen LogP contribution in [-0.4, -0.2) is 0 Å². The van der Waals surface area contributed by atoms with Gasteiger partial charge >= 0.3 is 0 Å². The highest BCUT2D eigenvalue weighted by Gasteiger charge is 2.28. The first-order chi connectivity index (χ1) is 5.30. The van der Waals surface area contributed by atoms with Crippen LogP contribution < -0.4 is 0 Å². The summed E-state index contributed by atoms with van der Waals surface area (Å²) in [5, 5.41) is 0. The van der Waals surface area contributed by atoms with Gasteiger partial charge < -0.3 is 0 Å². The van der Waals surface area contributed by atoms with Crippen molar-refractivity contribution in [2.45, 2.75) is 12.3 Å². The maximum atomic E-state index is 7.50. The molecule has 0 radical (unpaired) electrons. The minimum Gasteiger partial charge on any atom is -0.0992 e. The van der Waals surface area contributed by atoms with Gasteiger partial charge in [0.15, 0.2) is 0 Å². The Bertz CT molecular complexity index is 276. The summed E-state index contributed by atoms with van der Waals surface area (Å²) in [5.41, 5.74) is 2.29. The monoisotopic (exact) mass is 131 g/mol. The Morgan fingerprint density at radius 2 is 2.00 bits per heavy atom. The molecule has 1 aromatic carbocycles. The average Bonchev–Trinajstić information content (AvgIpc) is 2.62. The van der Waals surface area contributed by atoms with Crippen molar-refractivity contribution >= 4 is 0 Å². The quantitative estimate of drug-likeness (QED) is 0.514. The number of hydrogen-bond donors (Lipinski definition) is 0. The molecule has 0 aromatic heterocycles. The van der Waals surface area contributed by atoms with Crippen molar-refractivity contribution in [3.8, 4) is 0 Å². The van der Waals surface area contributed by atoms with Crippen LogP contribution in [0.25, 0.3) is 0 Å². The van der Waals surface area contributed by atoms with Gasteiger partial charge in [0.05, 0.1) is 0 Å². The zero-order valence-electron chi connectivity index (χ0n) is 6.75. The van der Waals surface area contributed by atoms with E-state index in [-0.39, 0.29) is 6.40 Å². The third kappa shape index (κ3) is 0.860. The number of rotatable bonds is 1. The molecule has 0 heterocycles. The molecule has 1 aliphatic carbocycles. The van der Waals surface area contributed by atoms with Gasteiger partial charge in [-0.05, 0) is 12.0 Å². The smallest absolute Gasteiger partial charge is 0.0322 e. The Labute approximate surface area is 62.6 Å². The Morgan fingerprint density at radius 3 is 2.50 bits per heavy atom. The van der Waals surface area contributed by atoms with Gasteiger partial charge in [-0.3, -0.25) is 0 Å². The lowest BCUT2D eigenvalue weighted by Crippen LogP contribution is -1.74. The standard InChI is InChI=1S/C10H10/c1-8-7-10(8)9-5-3-2-4-6-9/h2-6,10H,1,7H2/t10-/m1/s1/i7D/t7-,10+/m0. The van der Waals surface area contributed by atoms with Crippen LogP contribution in [0.2, 0.25) is 0 Å². The molecule has 0 bridgehead atoms. The molecule has 1 aromatic rings. The number of allylic oxidation sites excluding steroid dienone is 1. The van der Waals surface area contributed by atoms with Crippen molar-refractivity contribution in [3.05, 3.63) is 48.0 Å². The highest BCUT2D eigenvalue weighted by Crippen LogP contribution is 2.44. The van der Waals surface area contributed by atoms with E-state index >= 15 is 0 Å². The molecule has 2 rings (SSSR count). The molecular weight excluding hydrogens is 120 g/mol. The van der Waals surface area contributed by atoms with Gasteiger partial charge in [0.1, 0.15) is 0 Å². The van der Waals surface area contributed by atoms with Crippen LogP contribution in [-0.2, 0) is 0 Å². The molecule has 1 saturated carbocycles. The van der Waals surface area contributed by atoms with Crippen LogP contribution in [0.5, 0.6) is 0 Å². The van der Waals surface area contributed by atoms with Gasteiger partial charge in [0, 0.05) is 7.29 Å². The van der Waals surface area contributed by atoms with Crippen LogP contribution in [0.4, 0.5) is 0 Å². The van der Waals surface area contributed by atoms with Crippen molar-refractivity contribution in [3.63, 3.8) is 0 Å². The summed E-state index contributed by atoms with van der Waals surface area (Å²) >= 11 is 0. The first kappa shape index (κ1) is 4.73. The molecule has 0 spiro atoms. The summed E-state index contributed by atoms with van der Waals surface area (Å²) in [6, 6.07) is 10.1. The van der Waals surface area contributed by atoms with Crippen LogP contribution in [0.15, 0.2) is 42.5 Å². The number of benzene rings is 1. The van der Waals surface area contributed by atoms with Gasteiger partial charge in [-0.15, -0.1) is 0 Å². The third-order valence-corrected chi connectivity index (χ3v) is 1.83. The maximum absolute atomic E-state index is 7.50. The molecule has 0 amide bonds. The summed E-state index contributed by atoms with van der Waals surface area (Å²) in [4.78, 5) is 0. The zero-order chi connectivity index (χ0) is 7.84. The molecule has 1 aliphatic rings. The molecule has 0 saturated heterocycles. The van der Waals surface area contributed by atoms with Gasteiger partial charge in [0.25, 0.3) is 0 Å². The Kier molecular flexibility index (Phi) is 0.935. The lowest BCUT2D eigenvalue weighted by Gasteiger charge is -1.92. The minimum atomic E-state index is -0.0441. The van der Waals surface area contributed by atoms with E-state index in [4.69, 9.17) is 1.37 Å². The highest BCUT2D eigenvalue weighted by molar-refractivity contribution is 5.38. The summed E-state index contributed by atoms with van der Waals surface area (Å²) in [7, 11) is 0. The normalized spacial score (nSPS) is 31.6. The molecular formula is C10H10. The van der Waals surface area contributed by atoms with E-state index in [0.717, 1.165) is 5.57 Å². The van der Waals surface area contributed by atoms with Crippen LogP contribution >= 0.6 is 0 Å². The van der Waals surface area contributed by atoms with Crippen molar-refractivity contribution in [1.29, 1.82) is 0 Å². The summed E-state index contributed by atoms with van der Waals surface area (Å²) in [6.07, 6.45) is -0.0441. The molecule has 1 fully saturated rings. The fourth-order valence-corrected chi connectivity index (χ4v) is 1.14. The van der Waals surface area contributed by atoms with Gasteiger partial charge in [-0.25, -0.2) is 0 Å². The minimum absolute atomic E-state index is 0.0441. The predicted molar refractivity (Wildman–Crippen MR) is 42.9 cm³/mol. The third-order valence-electron chi connectivity index (χ3n) is 1.83. The van der Waals surface area contributed by atoms with Gasteiger partial charge in [-0.2, -0.15) is 0 Å². The van der Waals surface area contributed by atoms with Gasteiger partial charge in [0.2, 0.25) is 0 Å². The van der Waals surface area contributed by atoms with Crippen molar-refractivity contribution in [2.24, 2.45) is 0 Å². The molecule has 0 N–H and O–H groups in total. The van der Waals surface area contributed by atoms with E-state index < -0.39 is 0 Å². The second-order valence-corrected chi connectivity index (χ2v) is 2.63. The summed E-state index contributed by atoms with van der Waals surface area (Å²) in [6.45, 7) is 3.82. The second kappa shape index (κ2) is 1.98. The van der Waals surface area contributed by atoms with Crippen LogP contribution in [0.3, 0.4) is 0 Å².